The average molecular weight is 263 g/mol. The van der Waals surface area contributed by atoms with Crippen LogP contribution in [0.25, 0.3) is 0 Å². The van der Waals surface area contributed by atoms with Crippen LogP contribution in [0.2, 0.25) is 10.4 Å². The molecule has 2 atom stereocenters. The monoisotopic (exact) mass is 262 g/mol. The number of rotatable bonds is 5. The summed E-state index contributed by atoms with van der Waals surface area (Å²) in [6.45, 7) is 6.47. The fraction of sp³-hybridized carbons (Fsp3) is 0.700. The molecule has 16 heavy (non-hydrogen) atoms. The summed E-state index contributed by atoms with van der Waals surface area (Å²) in [5.41, 5.74) is 0. The van der Waals surface area contributed by atoms with Crippen molar-refractivity contribution in [2.75, 3.05) is 5.32 Å². The minimum Gasteiger partial charge on any atom is -0.365 e. The Morgan fingerprint density at radius 2 is 1.94 bits per heavy atom. The third-order valence-corrected chi connectivity index (χ3v) is 2.87. The maximum Gasteiger partial charge on any atom is 0.245 e. The van der Waals surface area contributed by atoms with Crippen molar-refractivity contribution < 1.29 is 0 Å². The predicted octanol–water partition coefficient (Wildman–Crippen LogP) is 3.42. The number of halogens is 2. The lowest BCUT2D eigenvalue weighted by Crippen LogP contribution is -2.19. The van der Waals surface area contributed by atoms with Crippen LogP contribution in [0.5, 0.6) is 0 Å². The average Bonchev–Trinajstić information content (AvgIpc) is 2.23. The molecule has 1 aromatic heterocycles. The van der Waals surface area contributed by atoms with Gasteiger partial charge in [-0.25, -0.2) is 0 Å². The second-order valence-electron chi connectivity index (χ2n) is 4.01. The zero-order valence-corrected chi connectivity index (χ0v) is 11.2. The van der Waals surface area contributed by atoms with Gasteiger partial charge < -0.3 is 5.32 Å². The molecule has 1 rings (SSSR count). The molecule has 1 aromatic rings. The first kappa shape index (κ1) is 13.5. The normalized spacial score (nSPS) is 14.6. The van der Waals surface area contributed by atoms with Gasteiger partial charge in [-0.1, -0.05) is 31.9 Å². The molecule has 0 aromatic carbocycles. The molecule has 4 nitrogen and oxygen atoms in total. The molecular weight excluding hydrogens is 247 g/mol. The van der Waals surface area contributed by atoms with Crippen molar-refractivity contribution >= 4 is 29.0 Å². The summed E-state index contributed by atoms with van der Waals surface area (Å²) in [6, 6.07) is 0.278. The number of nitrogens with zero attached hydrogens (tertiary/aromatic N) is 3. The highest BCUT2D eigenvalue weighted by molar-refractivity contribution is 6.32. The van der Waals surface area contributed by atoms with Crippen molar-refractivity contribution in [1.82, 2.24) is 15.2 Å². The van der Waals surface area contributed by atoms with Gasteiger partial charge in [0.15, 0.2) is 11.0 Å². The van der Waals surface area contributed by atoms with Crippen molar-refractivity contribution in [2.45, 2.75) is 39.7 Å². The Balaban J connectivity index is 2.61. The maximum absolute atomic E-state index is 5.85. The van der Waals surface area contributed by atoms with Crippen LogP contribution >= 0.6 is 23.2 Å². The SMILES string of the molecule is CCC(C)CC(C)Nc1nc(Cl)nnc1Cl. The van der Waals surface area contributed by atoms with Gasteiger partial charge in [0.2, 0.25) is 5.28 Å². The van der Waals surface area contributed by atoms with Gasteiger partial charge in [0.1, 0.15) is 0 Å². The minimum atomic E-state index is 0.0997. The van der Waals surface area contributed by atoms with Crippen LogP contribution in [-0.2, 0) is 0 Å². The lowest BCUT2D eigenvalue weighted by Gasteiger charge is -2.18. The largest absolute Gasteiger partial charge is 0.365 e. The van der Waals surface area contributed by atoms with Crippen LogP contribution in [0.4, 0.5) is 5.82 Å². The Morgan fingerprint density at radius 3 is 2.56 bits per heavy atom. The second-order valence-corrected chi connectivity index (χ2v) is 4.71. The van der Waals surface area contributed by atoms with Crippen LogP contribution in [-0.4, -0.2) is 21.2 Å². The van der Waals surface area contributed by atoms with Gasteiger partial charge in [0.25, 0.3) is 0 Å². The van der Waals surface area contributed by atoms with E-state index < -0.39 is 0 Å². The van der Waals surface area contributed by atoms with Crippen molar-refractivity contribution in [3.63, 3.8) is 0 Å². The van der Waals surface area contributed by atoms with E-state index in [1.54, 1.807) is 0 Å². The maximum atomic E-state index is 5.85. The summed E-state index contributed by atoms with van der Waals surface area (Å²) in [7, 11) is 0. The highest BCUT2D eigenvalue weighted by atomic mass is 35.5. The van der Waals surface area contributed by atoms with Gasteiger partial charge in [-0.05, 0) is 30.9 Å². The van der Waals surface area contributed by atoms with Gasteiger partial charge >= 0.3 is 0 Å². The van der Waals surface area contributed by atoms with Gasteiger partial charge in [0.05, 0.1) is 0 Å². The van der Waals surface area contributed by atoms with Gasteiger partial charge in [-0.3, -0.25) is 0 Å². The van der Waals surface area contributed by atoms with Crippen LogP contribution < -0.4 is 5.32 Å². The first-order valence-electron chi connectivity index (χ1n) is 5.35. The number of anilines is 1. The quantitative estimate of drug-likeness (QED) is 0.884. The van der Waals surface area contributed by atoms with Crippen molar-refractivity contribution in [1.29, 1.82) is 0 Å². The predicted molar refractivity (Wildman–Crippen MR) is 67.0 cm³/mol. The third kappa shape index (κ3) is 4.10. The fourth-order valence-corrected chi connectivity index (χ4v) is 1.70. The van der Waals surface area contributed by atoms with Crippen LogP contribution in [0.1, 0.15) is 33.6 Å². The smallest absolute Gasteiger partial charge is 0.245 e. The molecule has 90 valence electrons. The van der Waals surface area contributed by atoms with E-state index in [1.807, 2.05) is 0 Å². The molecule has 0 aliphatic rings. The summed E-state index contributed by atoms with van der Waals surface area (Å²) >= 11 is 11.5. The Labute approximate surface area is 106 Å². The van der Waals surface area contributed by atoms with E-state index in [4.69, 9.17) is 23.2 Å². The van der Waals surface area contributed by atoms with Crippen molar-refractivity contribution in [2.24, 2.45) is 5.92 Å². The molecular formula is C10H16Cl2N4. The topological polar surface area (TPSA) is 50.7 Å². The van der Waals surface area contributed by atoms with Crippen LogP contribution in [0, 0.1) is 5.92 Å². The zero-order valence-electron chi connectivity index (χ0n) is 9.67. The Kier molecular flexibility index (Phi) is 5.22. The van der Waals surface area contributed by atoms with E-state index >= 15 is 0 Å². The standard InChI is InChI=1S/C10H16Cl2N4/c1-4-6(2)5-7(3)13-9-8(11)15-16-10(12)14-9/h6-7H,4-5H2,1-3H3,(H,13,14,16). The first-order valence-corrected chi connectivity index (χ1v) is 6.10. The Hall–Kier alpha value is -0.610. The van der Waals surface area contributed by atoms with E-state index in [0.717, 1.165) is 12.8 Å². The summed E-state index contributed by atoms with van der Waals surface area (Å²) in [5.74, 6) is 1.16. The highest BCUT2D eigenvalue weighted by Gasteiger charge is 2.11. The van der Waals surface area contributed by atoms with Crippen LogP contribution in [0.3, 0.4) is 0 Å². The number of nitrogens with one attached hydrogen (secondary N) is 1. The molecule has 0 spiro atoms. The molecule has 0 amide bonds. The molecule has 0 aliphatic carbocycles. The Bertz CT molecular complexity index is 346. The lowest BCUT2D eigenvalue weighted by atomic mass is 10.0. The van der Waals surface area contributed by atoms with Crippen LogP contribution in [0.15, 0.2) is 0 Å². The molecule has 2 unspecified atom stereocenters. The van der Waals surface area contributed by atoms with E-state index in [-0.39, 0.29) is 16.5 Å². The molecule has 1 heterocycles. The third-order valence-electron chi connectivity index (χ3n) is 2.46. The van der Waals surface area contributed by atoms with E-state index in [1.165, 1.54) is 0 Å². The molecule has 0 bridgehead atoms. The first-order chi connectivity index (χ1) is 7.52. The van der Waals surface area contributed by atoms with Crippen molar-refractivity contribution in [3.05, 3.63) is 10.4 Å². The molecule has 1 N–H and O–H groups in total. The second kappa shape index (κ2) is 6.21. The highest BCUT2D eigenvalue weighted by Crippen LogP contribution is 2.19. The molecule has 6 heteroatoms. The summed E-state index contributed by atoms with van der Waals surface area (Å²) in [4.78, 5) is 3.99. The van der Waals surface area contributed by atoms with E-state index in [2.05, 4.69) is 41.3 Å². The minimum absolute atomic E-state index is 0.0997. The number of hydrogen-bond donors (Lipinski definition) is 1. The van der Waals surface area contributed by atoms with E-state index in [0.29, 0.717) is 11.7 Å². The summed E-state index contributed by atoms with van der Waals surface area (Å²) in [5, 5.41) is 10.8. The fourth-order valence-electron chi connectivity index (χ4n) is 1.45. The van der Waals surface area contributed by atoms with Gasteiger partial charge in [0, 0.05) is 6.04 Å². The van der Waals surface area contributed by atoms with E-state index in [9.17, 15) is 0 Å². The molecule has 0 saturated heterocycles. The van der Waals surface area contributed by atoms with Gasteiger partial charge in [-0.15, -0.1) is 10.2 Å². The number of hydrogen-bond acceptors (Lipinski definition) is 4. The lowest BCUT2D eigenvalue weighted by molar-refractivity contribution is 0.483. The Morgan fingerprint density at radius 1 is 1.25 bits per heavy atom. The molecule has 0 fully saturated rings. The molecule has 0 aliphatic heterocycles. The summed E-state index contributed by atoms with van der Waals surface area (Å²) in [6.07, 6.45) is 2.21. The van der Waals surface area contributed by atoms with Gasteiger partial charge in [-0.2, -0.15) is 4.98 Å². The van der Waals surface area contributed by atoms with Crippen molar-refractivity contribution in [3.8, 4) is 0 Å². The number of aromatic nitrogens is 3. The molecule has 0 radical (unpaired) electrons. The zero-order chi connectivity index (χ0) is 12.1. The summed E-state index contributed by atoms with van der Waals surface area (Å²) < 4.78 is 0. The molecule has 0 saturated carbocycles.